The Labute approximate surface area is 93.0 Å². The molecule has 0 atom stereocenters. The summed E-state index contributed by atoms with van der Waals surface area (Å²) in [6.45, 7) is 1.87. The molecular weight excluding hydrogens is 200 g/mol. The van der Waals surface area contributed by atoms with Gasteiger partial charge < -0.3 is 4.98 Å². The predicted octanol–water partition coefficient (Wildman–Crippen LogP) is 1.38. The Morgan fingerprint density at radius 1 is 1.31 bits per heavy atom. The zero-order valence-electron chi connectivity index (χ0n) is 8.65. The number of pyridine rings is 1. The number of aromatic amines is 1. The van der Waals surface area contributed by atoms with E-state index in [1.165, 1.54) is 0 Å². The standard InChI is InChI=1S/C12H8N4/c1-9-15-8-11(16-9)3-2-10-4-5-14-12(6-10)7-13/h4-6,8H,1H3,(H,15,16). The largest absolute Gasteiger partial charge is 0.348 e. The van der Waals surface area contributed by atoms with E-state index in [1.54, 1.807) is 24.5 Å². The average molecular weight is 208 g/mol. The van der Waals surface area contributed by atoms with Crippen molar-refractivity contribution in [2.24, 2.45) is 0 Å². The molecule has 0 aromatic carbocycles. The lowest BCUT2D eigenvalue weighted by Gasteiger charge is -1.88. The second-order valence-corrected chi connectivity index (χ2v) is 3.16. The third kappa shape index (κ3) is 2.26. The Kier molecular flexibility index (Phi) is 2.67. The molecule has 0 radical (unpaired) electrons. The highest BCUT2D eigenvalue weighted by molar-refractivity contribution is 5.41. The zero-order valence-corrected chi connectivity index (χ0v) is 8.65. The van der Waals surface area contributed by atoms with Crippen molar-refractivity contribution in [3.8, 4) is 17.9 Å². The van der Waals surface area contributed by atoms with Crippen LogP contribution in [0.25, 0.3) is 0 Å². The molecule has 0 fully saturated rings. The van der Waals surface area contributed by atoms with Gasteiger partial charge in [0.05, 0.1) is 0 Å². The fraction of sp³-hybridized carbons (Fsp3) is 0.0833. The van der Waals surface area contributed by atoms with E-state index < -0.39 is 0 Å². The average Bonchev–Trinajstić information content (AvgIpc) is 2.73. The van der Waals surface area contributed by atoms with Crippen LogP contribution in [0.5, 0.6) is 0 Å². The second-order valence-electron chi connectivity index (χ2n) is 3.16. The highest BCUT2D eigenvalue weighted by atomic mass is 14.9. The van der Waals surface area contributed by atoms with Gasteiger partial charge in [0.1, 0.15) is 23.3 Å². The summed E-state index contributed by atoms with van der Waals surface area (Å²) >= 11 is 0. The quantitative estimate of drug-likeness (QED) is 0.665. The highest BCUT2D eigenvalue weighted by Gasteiger charge is 1.93. The molecule has 0 aliphatic carbocycles. The summed E-state index contributed by atoms with van der Waals surface area (Å²) in [5.74, 6) is 6.66. The Morgan fingerprint density at radius 3 is 2.88 bits per heavy atom. The van der Waals surface area contributed by atoms with Gasteiger partial charge in [-0.1, -0.05) is 5.92 Å². The minimum atomic E-state index is 0.366. The number of rotatable bonds is 0. The maximum atomic E-state index is 8.67. The van der Waals surface area contributed by atoms with Crippen LogP contribution in [0.4, 0.5) is 0 Å². The molecule has 2 heterocycles. The minimum Gasteiger partial charge on any atom is -0.348 e. The van der Waals surface area contributed by atoms with Crippen molar-refractivity contribution >= 4 is 0 Å². The van der Waals surface area contributed by atoms with Crippen LogP contribution in [0.2, 0.25) is 0 Å². The van der Waals surface area contributed by atoms with Gasteiger partial charge in [-0.05, 0) is 25.0 Å². The lowest BCUT2D eigenvalue weighted by atomic mass is 10.2. The molecule has 0 saturated heterocycles. The maximum absolute atomic E-state index is 8.67. The van der Waals surface area contributed by atoms with Crippen LogP contribution in [0, 0.1) is 30.1 Å². The molecule has 0 amide bonds. The van der Waals surface area contributed by atoms with Crippen LogP contribution in [-0.4, -0.2) is 15.0 Å². The zero-order chi connectivity index (χ0) is 11.4. The third-order valence-electron chi connectivity index (χ3n) is 1.92. The van der Waals surface area contributed by atoms with Gasteiger partial charge in [0.15, 0.2) is 0 Å². The van der Waals surface area contributed by atoms with E-state index in [1.807, 2.05) is 13.0 Å². The summed E-state index contributed by atoms with van der Waals surface area (Å²) in [5, 5.41) is 8.67. The number of nitriles is 1. The van der Waals surface area contributed by atoms with Crippen molar-refractivity contribution in [3.63, 3.8) is 0 Å². The van der Waals surface area contributed by atoms with Crippen molar-refractivity contribution in [3.05, 3.63) is 47.3 Å². The first-order valence-electron chi connectivity index (χ1n) is 4.68. The molecule has 76 valence electrons. The number of hydrogen-bond donors (Lipinski definition) is 1. The molecule has 0 unspecified atom stereocenters. The van der Waals surface area contributed by atoms with E-state index in [-0.39, 0.29) is 0 Å². The normalized spacial score (nSPS) is 9.00. The van der Waals surface area contributed by atoms with E-state index in [4.69, 9.17) is 5.26 Å². The number of imidazole rings is 1. The topological polar surface area (TPSA) is 65.4 Å². The lowest BCUT2D eigenvalue weighted by molar-refractivity contribution is 1.14. The van der Waals surface area contributed by atoms with Crippen LogP contribution in [0.3, 0.4) is 0 Å². The Balaban J connectivity index is 2.27. The summed E-state index contributed by atoms with van der Waals surface area (Å²) in [7, 11) is 0. The van der Waals surface area contributed by atoms with Gasteiger partial charge in [-0.15, -0.1) is 0 Å². The van der Waals surface area contributed by atoms with Crippen molar-refractivity contribution in [1.29, 1.82) is 5.26 Å². The SMILES string of the molecule is Cc1nc(C#Cc2ccnc(C#N)c2)c[nH]1. The molecular formula is C12H8N4. The molecule has 0 bridgehead atoms. The molecule has 4 nitrogen and oxygen atoms in total. The number of nitrogens with one attached hydrogen (secondary N) is 1. The number of H-pyrrole nitrogens is 1. The van der Waals surface area contributed by atoms with E-state index in [2.05, 4.69) is 26.8 Å². The Morgan fingerprint density at radius 2 is 2.19 bits per heavy atom. The van der Waals surface area contributed by atoms with Crippen LogP contribution >= 0.6 is 0 Å². The summed E-state index contributed by atoms with van der Waals surface area (Å²) in [6, 6.07) is 5.37. The summed E-state index contributed by atoms with van der Waals surface area (Å²) in [5.41, 5.74) is 1.81. The van der Waals surface area contributed by atoms with Crippen LogP contribution in [0.15, 0.2) is 24.5 Å². The number of aromatic nitrogens is 3. The van der Waals surface area contributed by atoms with Gasteiger partial charge >= 0.3 is 0 Å². The van der Waals surface area contributed by atoms with Crippen molar-refractivity contribution in [1.82, 2.24) is 15.0 Å². The fourth-order valence-corrected chi connectivity index (χ4v) is 1.19. The van der Waals surface area contributed by atoms with E-state index >= 15 is 0 Å². The molecule has 2 rings (SSSR count). The molecule has 0 aliphatic heterocycles. The monoisotopic (exact) mass is 208 g/mol. The van der Waals surface area contributed by atoms with Crippen LogP contribution < -0.4 is 0 Å². The van der Waals surface area contributed by atoms with Gasteiger partial charge in [0.2, 0.25) is 0 Å². The first-order valence-corrected chi connectivity index (χ1v) is 4.68. The van der Waals surface area contributed by atoms with Crippen LogP contribution in [-0.2, 0) is 0 Å². The van der Waals surface area contributed by atoms with Gasteiger partial charge in [-0.25, -0.2) is 9.97 Å². The Hall–Kier alpha value is -2.59. The van der Waals surface area contributed by atoms with E-state index in [0.717, 1.165) is 11.4 Å². The van der Waals surface area contributed by atoms with Crippen LogP contribution in [0.1, 0.15) is 22.8 Å². The molecule has 4 heteroatoms. The molecule has 2 aromatic rings. The maximum Gasteiger partial charge on any atom is 0.141 e. The molecule has 0 saturated carbocycles. The molecule has 0 aliphatic rings. The van der Waals surface area contributed by atoms with E-state index in [0.29, 0.717) is 11.4 Å². The molecule has 2 aromatic heterocycles. The summed E-state index contributed by atoms with van der Waals surface area (Å²) in [6.07, 6.45) is 3.31. The van der Waals surface area contributed by atoms with Crippen molar-refractivity contribution < 1.29 is 0 Å². The smallest absolute Gasteiger partial charge is 0.141 e. The van der Waals surface area contributed by atoms with Gasteiger partial charge in [-0.3, -0.25) is 0 Å². The van der Waals surface area contributed by atoms with Gasteiger partial charge in [0, 0.05) is 18.0 Å². The first kappa shape index (κ1) is 9.95. The fourth-order valence-electron chi connectivity index (χ4n) is 1.19. The minimum absolute atomic E-state index is 0.366. The highest BCUT2D eigenvalue weighted by Crippen LogP contribution is 1.99. The molecule has 1 N–H and O–H groups in total. The van der Waals surface area contributed by atoms with Gasteiger partial charge in [0.25, 0.3) is 0 Å². The number of nitrogens with zero attached hydrogens (tertiary/aromatic N) is 3. The first-order chi connectivity index (χ1) is 7.78. The lowest BCUT2D eigenvalue weighted by Crippen LogP contribution is -1.83. The van der Waals surface area contributed by atoms with Crippen molar-refractivity contribution in [2.75, 3.05) is 0 Å². The van der Waals surface area contributed by atoms with E-state index in [9.17, 15) is 0 Å². The number of hydrogen-bond acceptors (Lipinski definition) is 3. The second kappa shape index (κ2) is 4.29. The third-order valence-corrected chi connectivity index (χ3v) is 1.92. The van der Waals surface area contributed by atoms with Crippen molar-refractivity contribution in [2.45, 2.75) is 6.92 Å². The summed E-state index contributed by atoms with van der Waals surface area (Å²) < 4.78 is 0. The predicted molar refractivity (Wildman–Crippen MR) is 58.3 cm³/mol. The van der Waals surface area contributed by atoms with Gasteiger partial charge in [-0.2, -0.15) is 5.26 Å². The summed E-state index contributed by atoms with van der Waals surface area (Å²) in [4.78, 5) is 11.0. The molecule has 0 spiro atoms. The number of aryl methyl sites for hydroxylation is 1. The molecule has 16 heavy (non-hydrogen) atoms. The Bertz CT molecular complexity index is 608.